The number of hydrogen-bond acceptors (Lipinski definition) is 2. The number of nitrogens with one attached hydrogen (secondary N) is 1. The summed E-state index contributed by atoms with van der Waals surface area (Å²) >= 11 is 5.93. The molecule has 1 atom stereocenters. The summed E-state index contributed by atoms with van der Waals surface area (Å²) in [5.74, 6) is -0.580. The van der Waals surface area contributed by atoms with Crippen LogP contribution in [-0.4, -0.2) is 15.7 Å². The summed E-state index contributed by atoms with van der Waals surface area (Å²) in [5, 5.41) is 6.74. The van der Waals surface area contributed by atoms with Crippen molar-refractivity contribution in [1.29, 1.82) is 0 Å². The third-order valence-corrected chi connectivity index (χ3v) is 4.13. The van der Waals surface area contributed by atoms with E-state index in [1.165, 1.54) is 7.05 Å². The van der Waals surface area contributed by atoms with Crippen LogP contribution in [0, 0.1) is 0 Å². The van der Waals surface area contributed by atoms with E-state index in [4.69, 9.17) is 11.6 Å². The van der Waals surface area contributed by atoms with Gasteiger partial charge in [-0.05, 0) is 36.1 Å². The second-order valence-electron chi connectivity index (χ2n) is 5.44. The van der Waals surface area contributed by atoms with Crippen LogP contribution in [0.15, 0.2) is 24.3 Å². The van der Waals surface area contributed by atoms with Gasteiger partial charge in [-0.3, -0.25) is 9.48 Å². The molecule has 0 fully saturated rings. The Morgan fingerprint density at radius 3 is 2.78 bits per heavy atom. The smallest absolute Gasteiger partial charge is 0.344 e. The molecule has 0 saturated heterocycles. The van der Waals surface area contributed by atoms with Crippen LogP contribution in [-0.2, 0) is 19.6 Å². The number of nitrogens with zero attached hydrogens (tertiary/aromatic N) is 2. The summed E-state index contributed by atoms with van der Waals surface area (Å²) in [4.78, 5) is 12.3. The van der Waals surface area contributed by atoms with Crippen molar-refractivity contribution in [3.05, 3.63) is 51.8 Å². The van der Waals surface area contributed by atoms with E-state index in [1.54, 1.807) is 6.07 Å². The van der Waals surface area contributed by atoms with E-state index in [9.17, 15) is 18.0 Å². The average Bonchev–Trinajstić information content (AvgIpc) is 3.02. The van der Waals surface area contributed by atoms with Crippen LogP contribution in [0.25, 0.3) is 0 Å². The first-order valence-corrected chi connectivity index (χ1v) is 7.34. The predicted octanol–water partition coefficient (Wildman–Crippen LogP) is 3.51. The molecule has 1 heterocycles. The molecule has 3 rings (SSSR count). The van der Waals surface area contributed by atoms with Crippen molar-refractivity contribution < 1.29 is 18.0 Å². The van der Waals surface area contributed by atoms with Crippen LogP contribution >= 0.6 is 11.6 Å². The Hall–Kier alpha value is -2.02. The molecule has 1 amide bonds. The number of rotatable bonds is 2. The van der Waals surface area contributed by atoms with Gasteiger partial charge in [-0.25, -0.2) is 0 Å². The van der Waals surface area contributed by atoms with E-state index >= 15 is 0 Å². The minimum atomic E-state index is -4.58. The van der Waals surface area contributed by atoms with E-state index in [0.717, 1.165) is 28.3 Å². The monoisotopic (exact) mass is 343 g/mol. The standard InChI is InChI=1S/C15H13ClF3N3O/c1-22-12(7-13(21-22)15(17,18)19)14(23)20-11-5-2-8-6-9(16)3-4-10(8)11/h3-4,6-7,11H,2,5H2,1H3,(H,20,23)/t11-/m1/s1. The van der Waals surface area contributed by atoms with Crippen LogP contribution in [0.1, 0.15) is 39.8 Å². The second kappa shape index (κ2) is 5.56. The number of carbonyl (C=O) groups is 1. The van der Waals surface area contributed by atoms with Crippen molar-refractivity contribution in [2.75, 3.05) is 0 Å². The van der Waals surface area contributed by atoms with Gasteiger partial charge in [0.05, 0.1) is 6.04 Å². The van der Waals surface area contributed by atoms with Crippen molar-refractivity contribution in [3.8, 4) is 0 Å². The highest BCUT2D eigenvalue weighted by molar-refractivity contribution is 6.30. The molecule has 2 aromatic rings. The molecule has 4 nitrogen and oxygen atoms in total. The largest absolute Gasteiger partial charge is 0.435 e. The summed E-state index contributed by atoms with van der Waals surface area (Å²) in [6, 6.07) is 5.93. The Bertz CT molecular complexity index is 770. The van der Waals surface area contributed by atoms with Crippen molar-refractivity contribution >= 4 is 17.5 Å². The van der Waals surface area contributed by atoms with Crippen LogP contribution in [0.4, 0.5) is 13.2 Å². The predicted molar refractivity (Wildman–Crippen MR) is 78.2 cm³/mol. The number of halogens is 4. The van der Waals surface area contributed by atoms with Crippen molar-refractivity contribution in [1.82, 2.24) is 15.1 Å². The van der Waals surface area contributed by atoms with Gasteiger partial charge in [0.1, 0.15) is 5.69 Å². The number of benzene rings is 1. The minimum absolute atomic E-state index is 0.125. The SMILES string of the molecule is Cn1nc(C(F)(F)F)cc1C(=O)N[C@@H]1CCc2cc(Cl)ccc21. The molecule has 0 unspecified atom stereocenters. The molecule has 0 aliphatic heterocycles. The summed E-state index contributed by atoms with van der Waals surface area (Å²) < 4.78 is 38.9. The molecule has 1 aromatic heterocycles. The number of aromatic nitrogens is 2. The lowest BCUT2D eigenvalue weighted by Crippen LogP contribution is -2.28. The Balaban J connectivity index is 1.80. The molecular weight excluding hydrogens is 331 g/mol. The fraction of sp³-hybridized carbons (Fsp3) is 0.333. The van der Waals surface area contributed by atoms with Gasteiger partial charge < -0.3 is 5.32 Å². The van der Waals surface area contributed by atoms with Gasteiger partial charge in [0.25, 0.3) is 5.91 Å². The molecule has 8 heteroatoms. The van der Waals surface area contributed by atoms with Crippen molar-refractivity contribution in [2.45, 2.75) is 25.1 Å². The summed E-state index contributed by atoms with van der Waals surface area (Å²) in [7, 11) is 1.31. The van der Waals surface area contributed by atoms with E-state index in [1.807, 2.05) is 12.1 Å². The van der Waals surface area contributed by atoms with E-state index in [-0.39, 0.29) is 11.7 Å². The third-order valence-electron chi connectivity index (χ3n) is 3.89. The molecular formula is C15H13ClF3N3O. The Kier molecular flexibility index (Phi) is 3.83. The van der Waals surface area contributed by atoms with E-state index in [2.05, 4.69) is 10.4 Å². The first kappa shape index (κ1) is 15.9. The fourth-order valence-electron chi connectivity index (χ4n) is 2.79. The van der Waals surface area contributed by atoms with E-state index < -0.39 is 17.8 Å². The maximum Gasteiger partial charge on any atom is 0.435 e. The number of hydrogen-bond donors (Lipinski definition) is 1. The van der Waals surface area contributed by atoms with Gasteiger partial charge in [0.2, 0.25) is 0 Å². The van der Waals surface area contributed by atoms with Crippen LogP contribution < -0.4 is 5.32 Å². The van der Waals surface area contributed by atoms with E-state index in [0.29, 0.717) is 11.4 Å². The minimum Gasteiger partial charge on any atom is -0.344 e. The maximum absolute atomic E-state index is 12.7. The zero-order valence-electron chi connectivity index (χ0n) is 12.1. The Labute approximate surface area is 135 Å². The molecule has 1 aliphatic carbocycles. The summed E-state index contributed by atoms with van der Waals surface area (Å²) in [5.41, 5.74) is 0.785. The number of alkyl halides is 3. The normalized spacial score (nSPS) is 17.2. The molecule has 122 valence electrons. The molecule has 1 aliphatic rings. The van der Waals surface area contributed by atoms with Gasteiger partial charge in [0.15, 0.2) is 5.69 Å². The highest BCUT2D eigenvalue weighted by Crippen LogP contribution is 2.33. The number of carbonyl (C=O) groups excluding carboxylic acids is 1. The molecule has 0 radical (unpaired) electrons. The lowest BCUT2D eigenvalue weighted by Gasteiger charge is -2.14. The van der Waals surface area contributed by atoms with Crippen molar-refractivity contribution in [3.63, 3.8) is 0 Å². The first-order valence-electron chi connectivity index (χ1n) is 6.96. The molecule has 1 N–H and O–H groups in total. The molecule has 0 saturated carbocycles. The fourth-order valence-corrected chi connectivity index (χ4v) is 2.98. The first-order chi connectivity index (χ1) is 10.8. The van der Waals surface area contributed by atoms with Gasteiger partial charge >= 0.3 is 6.18 Å². The molecule has 23 heavy (non-hydrogen) atoms. The van der Waals surface area contributed by atoms with Gasteiger partial charge in [0, 0.05) is 18.1 Å². The lowest BCUT2D eigenvalue weighted by molar-refractivity contribution is -0.141. The van der Waals surface area contributed by atoms with Gasteiger partial charge in [-0.2, -0.15) is 18.3 Å². The quantitative estimate of drug-likeness (QED) is 0.907. The van der Waals surface area contributed by atoms with Gasteiger partial charge in [-0.1, -0.05) is 17.7 Å². The number of amides is 1. The Morgan fingerprint density at radius 2 is 2.13 bits per heavy atom. The summed E-state index contributed by atoms with van der Waals surface area (Å²) in [6.45, 7) is 0. The molecule has 0 spiro atoms. The zero-order valence-corrected chi connectivity index (χ0v) is 12.9. The maximum atomic E-state index is 12.7. The second-order valence-corrected chi connectivity index (χ2v) is 5.88. The summed E-state index contributed by atoms with van der Waals surface area (Å²) in [6.07, 6.45) is -3.13. The van der Waals surface area contributed by atoms with Crippen LogP contribution in [0.3, 0.4) is 0 Å². The van der Waals surface area contributed by atoms with Gasteiger partial charge in [-0.15, -0.1) is 0 Å². The Morgan fingerprint density at radius 1 is 1.39 bits per heavy atom. The lowest BCUT2D eigenvalue weighted by atomic mass is 10.1. The highest BCUT2D eigenvalue weighted by Gasteiger charge is 2.36. The molecule has 0 bridgehead atoms. The highest BCUT2D eigenvalue weighted by atomic mass is 35.5. The topological polar surface area (TPSA) is 46.9 Å². The zero-order chi connectivity index (χ0) is 16.8. The van der Waals surface area contributed by atoms with Crippen LogP contribution in [0.5, 0.6) is 0 Å². The van der Waals surface area contributed by atoms with Crippen molar-refractivity contribution in [2.24, 2.45) is 7.05 Å². The third kappa shape index (κ3) is 3.06. The number of fused-ring (bicyclic) bond motifs is 1. The van der Waals surface area contributed by atoms with Crippen LogP contribution in [0.2, 0.25) is 5.02 Å². The molecule has 1 aromatic carbocycles. The number of aryl methyl sites for hydroxylation is 2. The average molecular weight is 344 g/mol.